The number of nitrogens with one attached hydrogen (secondary N) is 1. The smallest absolute Gasteiger partial charge is 0.256 e. The molecule has 3 rings (SSSR count). The molecule has 25 heavy (non-hydrogen) atoms. The third-order valence-corrected chi connectivity index (χ3v) is 3.89. The number of halogens is 1. The molecule has 0 fully saturated rings. The molecule has 0 atom stereocenters. The van der Waals surface area contributed by atoms with Gasteiger partial charge in [0, 0.05) is 21.8 Å². The SMILES string of the molecule is C#CCOc1ccc(/C=C2/C(=O)Nc3ccc(Cl)cc32)cc1OCC. The molecule has 1 heterocycles. The summed E-state index contributed by atoms with van der Waals surface area (Å²) in [7, 11) is 0. The molecule has 1 amide bonds. The summed E-state index contributed by atoms with van der Waals surface area (Å²) in [5.74, 6) is 3.41. The van der Waals surface area contributed by atoms with Gasteiger partial charge in [-0.3, -0.25) is 4.79 Å². The number of fused-ring (bicyclic) bond motifs is 1. The highest BCUT2D eigenvalue weighted by Gasteiger charge is 2.24. The molecule has 5 heteroatoms. The molecule has 0 spiro atoms. The fraction of sp³-hybridized carbons (Fsp3) is 0.150. The number of hydrogen-bond donors (Lipinski definition) is 1. The van der Waals surface area contributed by atoms with E-state index in [1.165, 1.54) is 0 Å². The Labute approximate surface area is 151 Å². The third kappa shape index (κ3) is 3.62. The standard InChI is InChI=1S/C20H16ClNO3/c1-3-9-25-18-8-5-13(11-19(18)24-4-2)10-16-15-12-14(21)6-7-17(15)22-20(16)23/h1,5-8,10-12H,4,9H2,2H3,(H,22,23)/b16-10+. The first-order chi connectivity index (χ1) is 12.1. The molecular formula is C20H16ClNO3. The van der Waals surface area contributed by atoms with Gasteiger partial charge >= 0.3 is 0 Å². The van der Waals surface area contributed by atoms with E-state index < -0.39 is 0 Å². The van der Waals surface area contributed by atoms with Crippen LogP contribution in [0, 0.1) is 12.3 Å². The van der Waals surface area contributed by atoms with Crippen LogP contribution in [0.4, 0.5) is 5.69 Å². The molecule has 126 valence electrons. The summed E-state index contributed by atoms with van der Waals surface area (Å²) >= 11 is 6.06. The van der Waals surface area contributed by atoms with Crippen LogP contribution in [0.15, 0.2) is 36.4 Å². The highest BCUT2D eigenvalue weighted by molar-refractivity contribution is 6.36. The van der Waals surface area contributed by atoms with Crippen molar-refractivity contribution in [1.82, 2.24) is 0 Å². The van der Waals surface area contributed by atoms with Gasteiger partial charge < -0.3 is 14.8 Å². The molecule has 1 aliphatic heterocycles. The van der Waals surface area contributed by atoms with E-state index in [1.54, 1.807) is 30.3 Å². The lowest BCUT2D eigenvalue weighted by atomic mass is 10.0. The van der Waals surface area contributed by atoms with Crippen LogP contribution in [-0.4, -0.2) is 19.1 Å². The summed E-state index contributed by atoms with van der Waals surface area (Å²) in [4.78, 5) is 12.3. The predicted octanol–water partition coefficient (Wildman–Crippen LogP) is 4.24. The van der Waals surface area contributed by atoms with Gasteiger partial charge in [0.1, 0.15) is 6.61 Å². The number of carbonyl (C=O) groups excluding carboxylic acids is 1. The second-order valence-corrected chi connectivity index (χ2v) is 5.77. The average molecular weight is 354 g/mol. The van der Waals surface area contributed by atoms with E-state index in [9.17, 15) is 4.79 Å². The highest BCUT2D eigenvalue weighted by atomic mass is 35.5. The van der Waals surface area contributed by atoms with Crippen LogP contribution in [0.1, 0.15) is 18.1 Å². The number of amides is 1. The first kappa shape index (κ1) is 16.9. The minimum absolute atomic E-state index is 0.161. The van der Waals surface area contributed by atoms with Crippen LogP contribution >= 0.6 is 11.6 Å². The second-order valence-electron chi connectivity index (χ2n) is 5.33. The zero-order valence-corrected chi connectivity index (χ0v) is 14.4. The molecule has 2 aromatic carbocycles. The third-order valence-electron chi connectivity index (χ3n) is 3.65. The number of carbonyl (C=O) groups is 1. The van der Waals surface area contributed by atoms with E-state index in [0.29, 0.717) is 28.7 Å². The topological polar surface area (TPSA) is 47.6 Å². The van der Waals surface area contributed by atoms with Crippen molar-refractivity contribution < 1.29 is 14.3 Å². The molecular weight excluding hydrogens is 338 g/mol. The van der Waals surface area contributed by atoms with Crippen molar-refractivity contribution in [2.24, 2.45) is 0 Å². The van der Waals surface area contributed by atoms with E-state index in [-0.39, 0.29) is 12.5 Å². The lowest BCUT2D eigenvalue weighted by Gasteiger charge is -2.11. The number of terminal acetylenes is 1. The van der Waals surface area contributed by atoms with Crippen molar-refractivity contribution in [1.29, 1.82) is 0 Å². The van der Waals surface area contributed by atoms with Crippen molar-refractivity contribution in [2.45, 2.75) is 6.92 Å². The lowest BCUT2D eigenvalue weighted by molar-refractivity contribution is -0.110. The molecule has 0 aliphatic carbocycles. The average Bonchev–Trinajstić information content (AvgIpc) is 2.90. The van der Waals surface area contributed by atoms with Crippen LogP contribution in [0.25, 0.3) is 11.6 Å². The first-order valence-electron chi connectivity index (χ1n) is 7.78. The number of ether oxygens (including phenoxy) is 2. The van der Waals surface area contributed by atoms with Crippen molar-refractivity contribution in [2.75, 3.05) is 18.5 Å². The maximum absolute atomic E-state index is 12.3. The molecule has 0 aromatic heterocycles. The van der Waals surface area contributed by atoms with E-state index in [4.69, 9.17) is 27.5 Å². The van der Waals surface area contributed by atoms with Gasteiger partial charge in [-0.05, 0) is 48.9 Å². The zero-order chi connectivity index (χ0) is 17.8. The van der Waals surface area contributed by atoms with Gasteiger partial charge in [-0.2, -0.15) is 0 Å². The summed E-state index contributed by atoms with van der Waals surface area (Å²) in [6.45, 7) is 2.54. The van der Waals surface area contributed by atoms with Gasteiger partial charge in [-0.1, -0.05) is 23.6 Å². The van der Waals surface area contributed by atoms with Crippen LogP contribution in [0.2, 0.25) is 5.02 Å². The van der Waals surface area contributed by atoms with Crippen LogP contribution in [0.3, 0.4) is 0 Å². The summed E-state index contributed by atoms with van der Waals surface area (Å²) in [6, 6.07) is 10.7. The lowest BCUT2D eigenvalue weighted by Crippen LogP contribution is -2.03. The Balaban J connectivity index is 1.99. The minimum atomic E-state index is -0.164. The van der Waals surface area contributed by atoms with Crippen molar-refractivity contribution in [3.8, 4) is 23.8 Å². The highest BCUT2D eigenvalue weighted by Crippen LogP contribution is 2.36. The molecule has 0 unspecified atom stereocenters. The number of anilines is 1. The monoisotopic (exact) mass is 353 g/mol. The Hall–Kier alpha value is -2.90. The molecule has 1 aliphatic rings. The van der Waals surface area contributed by atoms with Crippen molar-refractivity contribution in [3.63, 3.8) is 0 Å². The van der Waals surface area contributed by atoms with Crippen LogP contribution < -0.4 is 14.8 Å². The second kappa shape index (κ2) is 7.33. The Kier molecular flexibility index (Phi) is 4.97. The fourth-order valence-electron chi connectivity index (χ4n) is 2.59. The maximum Gasteiger partial charge on any atom is 0.256 e. The molecule has 0 bridgehead atoms. The molecule has 1 N–H and O–H groups in total. The Morgan fingerprint density at radius 3 is 2.80 bits per heavy atom. The van der Waals surface area contributed by atoms with E-state index >= 15 is 0 Å². The number of rotatable bonds is 5. The fourth-order valence-corrected chi connectivity index (χ4v) is 2.76. The summed E-state index contributed by atoms with van der Waals surface area (Å²) < 4.78 is 11.1. The molecule has 2 aromatic rings. The van der Waals surface area contributed by atoms with E-state index in [1.807, 2.05) is 19.1 Å². The van der Waals surface area contributed by atoms with Crippen LogP contribution in [-0.2, 0) is 4.79 Å². The van der Waals surface area contributed by atoms with Gasteiger partial charge in [-0.25, -0.2) is 0 Å². The van der Waals surface area contributed by atoms with Crippen molar-refractivity contribution >= 4 is 34.8 Å². The van der Waals surface area contributed by atoms with Gasteiger partial charge in [0.15, 0.2) is 11.5 Å². The zero-order valence-electron chi connectivity index (χ0n) is 13.6. The Morgan fingerprint density at radius 2 is 2.04 bits per heavy atom. The van der Waals surface area contributed by atoms with Gasteiger partial charge in [-0.15, -0.1) is 6.42 Å². The Morgan fingerprint density at radius 1 is 1.20 bits per heavy atom. The summed E-state index contributed by atoms with van der Waals surface area (Å²) in [5, 5.41) is 3.41. The molecule has 0 saturated heterocycles. The van der Waals surface area contributed by atoms with Gasteiger partial charge in [0.05, 0.1) is 6.61 Å². The van der Waals surface area contributed by atoms with E-state index in [0.717, 1.165) is 16.8 Å². The minimum Gasteiger partial charge on any atom is -0.490 e. The normalized spacial score (nSPS) is 14.0. The molecule has 4 nitrogen and oxygen atoms in total. The maximum atomic E-state index is 12.3. The first-order valence-corrected chi connectivity index (χ1v) is 8.16. The molecule has 0 radical (unpaired) electrons. The van der Waals surface area contributed by atoms with Gasteiger partial charge in [0.25, 0.3) is 5.91 Å². The van der Waals surface area contributed by atoms with Crippen molar-refractivity contribution in [3.05, 3.63) is 52.5 Å². The largest absolute Gasteiger partial charge is 0.490 e. The quantitative estimate of drug-likeness (QED) is 0.646. The summed E-state index contributed by atoms with van der Waals surface area (Å²) in [5.41, 5.74) is 2.90. The van der Waals surface area contributed by atoms with Crippen LogP contribution in [0.5, 0.6) is 11.5 Å². The van der Waals surface area contributed by atoms with E-state index in [2.05, 4.69) is 11.2 Å². The number of hydrogen-bond acceptors (Lipinski definition) is 3. The Bertz CT molecular complexity index is 896. The van der Waals surface area contributed by atoms with Gasteiger partial charge in [0.2, 0.25) is 0 Å². The molecule has 0 saturated carbocycles. The summed E-state index contributed by atoms with van der Waals surface area (Å²) in [6.07, 6.45) is 7.03. The number of benzene rings is 2. The predicted molar refractivity (Wildman–Crippen MR) is 99.9 cm³/mol.